The molecule has 0 amide bonds. The van der Waals surface area contributed by atoms with Crippen LogP contribution in [0.4, 0.5) is 0 Å². The van der Waals surface area contributed by atoms with Crippen molar-refractivity contribution in [3.63, 3.8) is 0 Å². The first-order valence-electron chi connectivity index (χ1n) is 5.40. The average molecular weight is 261 g/mol. The molecule has 0 radical (unpaired) electrons. The molecule has 0 aliphatic rings. The molecule has 0 unspecified atom stereocenters. The van der Waals surface area contributed by atoms with Gasteiger partial charge in [-0.3, -0.25) is 9.78 Å². The zero-order valence-corrected chi connectivity index (χ0v) is 10.4. The minimum atomic E-state index is -1.04. The van der Waals surface area contributed by atoms with Crippen molar-refractivity contribution in [1.29, 1.82) is 0 Å². The summed E-state index contributed by atoms with van der Waals surface area (Å²) in [4.78, 5) is 14.6. The fourth-order valence-corrected chi connectivity index (χ4v) is 1.52. The summed E-state index contributed by atoms with van der Waals surface area (Å²) in [5.41, 5.74) is 1.26. The van der Waals surface area contributed by atoms with Gasteiger partial charge in [0.1, 0.15) is 17.9 Å². The van der Waals surface area contributed by atoms with Gasteiger partial charge >= 0.3 is 5.97 Å². The lowest BCUT2D eigenvalue weighted by molar-refractivity contribution is -0.136. The van der Waals surface area contributed by atoms with Crippen LogP contribution >= 0.6 is 0 Å². The van der Waals surface area contributed by atoms with Gasteiger partial charge in [0.05, 0.1) is 7.11 Å². The molecule has 8 nitrogen and oxygen atoms in total. The Kier molecular flexibility index (Phi) is 3.60. The third-order valence-electron chi connectivity index (χ3n) is 2.42. The number of aromatic nitrogens is 5. The van der Waals surface area contributed by atoms with E-state index in [1.54, 1.807) is 19.4 Å². The third-order valence-corrected chi connectivity index (χ3v) is 2.42. The van der Waals surface area contributed by atoms with Gasteiger partial charge in [-0.15, -0.1) is 20.4 Å². The Morgan fingerprint density at radius 2 is 2.00 bits per heavy atom. The second-order valence-corrected chi connectivity index (χ2v) is 3.70. The topological polar surface area (TPSA) is 111 Å². The largest absolute Gasteiger partial charge is 0.496 e. The molecular formula is C11H11N5O3. The quantitative estimate of drug-likeness (QED) is 0.834. The summed E-state index contributed by atoms with van der Waals surface area (Å²) in [5, 5.41) is 23.7. The average Bonchev–Trinajstić information content (AvgIpc) is 2.39. The van der Waals surface area contributed by atoms with Gasteiger partial charge in [0.25, 0.3) is 0 Å². The minimum Gasteiger partial charge on any atom is -0.496 e. The highest BCUT2D eigenvalue weighted by Gasteiger charge is 2.13. The van der Waals surface area contributed by atoms with Crippen LogP contribution < -0.4 is 4.74 Å². The van der Waals surface area contributed by atoms with Gasteiger partial charge in [0.15, 0.2) is 5.82 Å². The lowest BCUT2D eigenvalue weighted by Gasteiger charge is -2.07. The van der Waals surface area contributed by atoms with E-state index in [4.69, 9.17) is 9.84 Å². The molecule has 1 N–H and O–H groups in total. The van der Waals surface area contributed by atoms with Crippen molar-refractivity contribution in [1.82, 2.24) is 25.4 Å². The molecule has 98 valence electrons. The zero-order valence-electron chi connectivity index (χ0n) is 10.4. The molecule has 0 saturated heterocycles. The predicted octanol–water partition coefficient (Wildman–Crippen LogP) is 0.273. The molecule has 0 fully saturated rings. The van der Waals surface area contributed by atoms with Crippen molar-refractivity contribution in [2.45, 2.75) is 13.3 Å². The number of ether oxygens (including phenoxy) is 1. The predicted molar refractivity (Wildman–Crippen MR) is 63.5 cm³/mol. The molecule has 0 bridgehead atoms. The van der Waals surface area contributed by atoms with E-state index < -0.39 is 5.97 Å². The number of hydrogen-bond donors (Lipinski definition) is 1. The summed E-state index contributed by atoms with van der Waals surface area (Å²) >= 11 is 0. The number of carboxylic acid groups (broad SMARTS) is 1. The maximum atomic E-state index is 10.5. The Bertz CT molecular complexity index is 600. The number of methoxy groups -OCH3 is 1. The number of pyridine rings is 1. The lowest BCUT2D eigenvalue weighted by Crippen LogP contribution is -2.09. The third kappa shape index (κ3) is 2.79. The Balaban J connectivity index is 2.34. The van der Waals surface area contributed by atoms with E-state index in [0.29, 0.717) is 11.4 Å². The van der Waals surface area contributed by atoms with Crippen LogP contribution in [0.3, 0.4) is 0 Å². The number of carbonyl (C=O) groups is 1. The molecule has 2 rings (SSSR count). The summed E-state index contributed by atoms with van der Waals surface area (Å²) in [6.07, 6.45) is 1.25. The molecule has 0 atom stereocenters. The van der Waals surface area contributed by atoms with E-state index in [1.807, 2.05) is 6.92 Å². The van der Waals surface area contributed by atoms with Crippen LogP contribution in [-0.4, -0.2) is 43.6 Å². The van der Waals surface area contributed by atoms with Crippen molar-refractivity contribution in [3.8, 4) is 17.3 Å². The standard InChI is InChI=1S/C11H11N5O3/c1-6-7(19-2)3-4-12-10(6)11-15-13-8(14-16-11)5-9(17)18/h3-4H,5H2,1-2H3,(H,17,18). The van der Waals surface area contributed by atoms with Gasteiger partial charge in [-0.2, -0.15) is 0 Å². The van der Waals surface area contributed by atoms with Crippen LogP contribution in [0.15, 0.2) is 12.3 Å². The van der Waals surface area contributed by atoms with Crippen molar-refractivity contribution in [3.05, 3.63) is 23.7 Å². The van der Waals surface area contributed by atoms with E-state index in [2.05, 4.69) is 25.4 Å². The molecule has 0 aliphatic heterocycles. The Hall–Kier alpha value is -2.64. The van der Waals surface area contributed by atoms with Crippen LogP contribution in [0.1, 0.15) is 11.4 Å². The van der Waals surface area contributed by atoms with Crippen molar-refractivity contribution in [2.24, 2.45) is 0 Å². The fraction of sp³-hybridized carbons (Fsp3) is 0.273. The van der Waals surface area contributed by atoms with Crippen molar-refractivity contribution >= 4 is 5.97 Å². The number of nitrogens with zero attached hydrogens (tertiary/aromatic N) is 5. The summed E-state index contributed by atoms with van der Waals surface area (Å²) in [6, 6.07) is 1.72. The molecule has 19 heavy (non-hydrogen) atoms. The van der Waals surface area contributed by atoms with Crippen LogP contribution in [0.5, 0.6) is 5.75 Å². The number of aliphatic carboxylic acids is 1. The smallest absolute Gasteiger partial charge is 0.311 e. The first-order chi connectivity index (χ1) is 9.11. The van der Waals surface area contributed by atoms with Crippen LogP contribution in [-0.2, 0) is 11.2 Å². The Morgan fingerprint density at radius 1 is 1.32 bits per heavy atom. The van der Waals surface area contributed by atoms with Gasteiger partial charge in [0, 0.05) is 11.8 Å². The van der Waals surface area contributed by atoms with E-state index in [1.165, 1.54) is 0 Å². The Labute approximate surface area is 108 Å². The van der Waals surface area contributed by atoms with E-state index in [0.717, 1.165) is 5.56 Å². The number of carboxylic acids is 1. The van der Waals surface area contributed by atoms with Crippen molar-refractivity contribution < 1.29 is 14.6 Å². The van der Waals surface area contributed by atoms with Gasteiger partial charge in [-0.05, 0) is 13.0 Å². The molecule has 2 heterocycles. The van der Waals surface area contributed by atoms with Crippen molar-refractivity contribution in [2.75, 3.05) is 7.11 Å². The molecule has 0 saturated carbocycles. The first-order valence-corrected chi connectivity index (χ1v) is 5.40. The molecule has 2 aromatic rings. The molecule has 8 heteroatoms. The highest BCUT2D eigenvalue weighted by atomic mass is 16.5. The summed E-state index contributed by atoms with van der Waals surface area (Å²) in [5.74, 6) is -0.0995. The molecule has 2 aromatic heterocycles. The summed E-state index contributed by atoms with van der Waals surface area (Å²) in [6.45, 7) is 1.82. The van der Waals surface area contributed by atoms with Gasteiger partial charge < -0.3 is 9.84 Å². The lowest BCUT2D eigenvalue weighted by atomic mass is 10.2. The summed E-state index contributed by atoms with van der Waals surface area (Å²) in [7, 11) is 1.55. The second kappa shape index (κ2) is 5.34. The minimum absolute atomic E-state index is 0.0526. The van der Waals surface area contributed by atoms with E-state index >= 15 is 0 Å². The normalized spacial score (nSPS) is 10.2. The zero-order chi connectivity index (χ0) is 13.8. The molecule has 0 aromatic carbocycles. The SMILES string of the molecule is COc1ccnc(-c2nnc(CC(=O)O)nn2)c1C. The molecule has 0 spiro atoms. The first kappa shape index (κ1) is 12.8. The highest BCUT2D eigenvalue weighted by molar-refractivity contribution is 5.68. The molecule has 0 aliphatic carbocycles. The maximum absolute atomic E-state index is 10.5. The van der Waals surface area contributed by atoms with Crippen LogP contribution in [0, 0.1) is 6.92 Å². The number of rotatable bonds is 4. The van der Waals surface area contributed by atoms with Gasteiger partial charge in [-0.25, -0.2) is 0 Å². The molecular weight excluding hydrogens is 250 g/mol. The maximum Gasteiger partial charge on any atom is 0.311 e. The van der Waals surface area contributed by atoms with Gasteiger partial charge in [-0.1, -0.05) is 0 Å². The highest BCUT2D eigenvalue weighted by Crippen LogP contribution is 2.24. The fourth-order valence-electron chi connectivity index (χ4n) is 1.52. The van der Waals surface area contributed by atoms with E-state index in [-0.39, 0.29) is 18.1 Å². The second-order valence-electron chi connectivity index (χ2n) is 3.70. The Morgan fingerprint density at radius 3 is 2.58 bits per heavy atom. The van der Waals surface area contributed by atoms with E-state index in [9.17, 15) is 4.79 Å². The monoisotopic (exact) mass is 261 g/mol. The van der Waals surface area contributed by atoms with Crippen LogP contribution in [0.25, 0.3) is 11.5 Å². The summed E-state index contributed by atoms with van der Waals surface area (Å²) < 4.78 is 5.17. The van der Waals surface area contributed by atoms with Gasteiger partial charge in [0.2, 0.25) is 5.82 Å². The number of hydrogen-bond acceptors (Lipinski definition) is 7. The van der Waals surface area contributed by atoms with Crippen LogP contribution in [0.2, 0.25) is 0 Å².